The third-order valence-electron chi connectivity index (χ3n) is 11.8. The number of fused-ring (bicyclic) bond motifs is 5. The van der Waals surface area contributed by atoms with Gasteiger partial charge in [-0.1, -0.05) is 0 Å². The number of rotatable bonds is 13. The quantitative estimate of drug-likeness (QED) is 0.125. The van der Waals surface area contributed by atoms with Gasteiger partial charge >= 0.3 is 23.9 Å². The Kier molecular flexibility index (Phi) is 8.74. The molecule has 9 fully saturated rings. The van der Waals surface area contributed by atoms with Crippen LogP contribution in [-0.2, 0) is 57.1 Å². The molecule has 5 saturated heterocycles. The summed E-state index contributed by atoms with van der Waals surface area (Å²) in [4.78, 5) is 55.1. The summed E-state index contributed by atoms with van der Waals surface area (Å²) in [6, 6.07) is 0. The highest BCUT2D eigenvalue weighted by molar-refractivity contribution is 6.07. The fourth-order valence-corrected chi connectivity index (χ4v) is 8.56. The Balaban J connectivity index is 0.966. The van der Waals surface area contributed by atoms with E-state index in [2.05, 4.69) is 0 Å². The normalized spacial score (nSPS) is 42.3. The number of hydrogen-bond acceptors (Lipinski definition) is 12. The summed E-state index contributed by atoms with van der Waals surface area (Å²) in [6.07, 6.45) is 11.9. The molecule has 0 aromatic heterocycles. The maximum atomic E-state index is 13.8. The van der Waals surface area contributed by atoms with Gasteiger partial charge in [0.25, 0.3) is 0 Å². The maximum Gasteiger partial charge on any atom is 0.321 e. The second kappa shape index (κ2) is 13.0. The van der Waals surface area contributed by atoms with Gasteiger partial charge in [-0.2, -0.15) is 0 Å². The zero-order valence-corrected chi connectivity index (χ0v) is 26.3. The van der Waals surface area contributed by atoms with Crippen LogP contribution >= 0.6 is 0 Å². The Morgan fingerprint density at radius 1 is 0.435 bits per heavy atom. The SMILES string of the molecule is O=C(OCC1CCC2OC2C1)C(C(=O)OCC1CCC2OC2C1)C(C(=O)OCC1CCC2OC2C1)C(=O)OCC1CCC2CC1O2. The Bertz CT molecular complexity index is 1140. The molecule has 9 aliphatic rings. The lowest BCUT2D eigenvalue weighted by molar-refractivity contribution is -0.200. The van der Waals surface area contributed by atoms with E-state index in [4.69, 9.17) is 37.9 Å². The second-order valence-electron chi connectivity index (χ2n) is 15.0. The van der Waals surface area contributed by atoms with E-state index in [0.29, 0.717) is 18.3 Å². The minimum Gasteiger partial charge on any atom is -0.465 e. The number of carbonyl (C=O) groups excluding carboxylic acids is 4. The molecule has 12 nitrogen and oxygen atoms in total. The molecule has 5 aliphatic heterocycles. The Morgan fingerprint density at radius 3 is 1.17 bits per heavy atom. The van der Waals surface area contributed by atoms with Gasteiger partial charge in [-0.25, -0.2) is 0 Å². The summed E-state index contributed by atoms with van der Waals surface area (Å²) in [5.41, 5.74) is 0. The van der Waals surface area contributed by atoms with Gasteiger partial charge in [0.05, 0.1) is 75.3 Å². The average Bonchev–Trinajstić information content (AvgIpc) is 3.94. The van der Waals surface area contributed by atoms with Crippen molar-refractivity contribution in [3.05, 3.63) is 0 Å². The first-order valence-electron chi connectivity index (χ1n) is 17.7. The summed E-state index contributed by atoms with van der Waals surface area (Å²) < 4.78 is 45.4. The summed E-state index contributed by atoms with van der Waals surface area (Å²) in [7, 11) is 0. The van der Waals surface area contributed by atoms with Crippen molar-refractivity contribution in [3.63, 3.8) is 0 Å². The second-order valence-corrected chi connectivity index (χ2v) is 15.0. The minimum absolute atomic E-state index is 0.00348. The van der Waals surface area contributed by atoms with Crippen molar-refractivity contribution in [2.45, 2.75) is 126 Å². The number of hydrogen-bond donors (Lipinski definition) is 0. The number of ether oxygens (including phenoxy) is 8. The van der Waals surface area contributed by atoms with E-state index in [9.17, 15) is 19.2 Å². The van der Waals surface area contributed by atoms with Crippen LogP contribution in [0.4, 0.5) is 0 Å². The molecule has 0 spiro atoms. The van der Waals surface area contributed by atoms with Crippen LogP contribution in [0.5, 0.6) is 0 Å². The van der Waals surface area contributed by atoms with Crippen molar-refractivity contribution in [2.75, 3.05) is 26.4 Å². The summed E-state index contributed by atoms with van der Waals surface area (Å²) in [6.45, 7) is 0.250. The van der Waals surface area contributed by atoms with Gasteiger partial charge in [0.15, 0.2) is 11.8 Å². The van der Waals surface area contributed by atoms with Crippen molar-refractivity contribution in [3.8, 4) is 0 Å². The summed E-state index contributed by atoms with van der Waals surface area (Å²) in [5, 5.41) is 0. The third kappa shape index (κ3) is 6.96. The molecule has 0 N–H and O–H groups in total. The molecule has 0 aromatic rings. The monoisotopic (exact) mass is 646 g/mol. The van der Waals surface area contributed by atoms with Crippen molar-refractivity contribution in [1.82, 2.24) is 0 Å². The largest absolute Gasteiger partial charge is 0.465 e. The topological polar surface area (TPSA) is 152 Å². The van der Waals surface area contributed by atoms with E-state index in [1.165, 1.54) is 0 Å². The Hall–Kier alpha value is -2.28. The predicted octanol–water partition coefficient (Wildman–Crippen LogP) is 2.66. The molecule has 4 saturated carbocycles. The fourth-order valence-electron chi connectivity index (χ4n) is 8.56. The van der Waals surface area contributed by atoms with Crippen LogP contribution in [0.3, 0.4) is 0 Å². The lowest BCUT2D eigenvalue weighted by atomic mass is 9.80. The Morgan fingerprint density at radius 2 is 0.826 bits per heavy atom. The average molecular weight is 647 g/mol. The molecule has 254 valence electrons. The van der Waals surface area contributed by atoms with E-state index in [1.54, 1.807) is 0 Å². The highest BCUT2D eigenvalue weighted by atomic mass is 16.6. The van der Waals surface area contributed by atoms with Crippen LogP contribution in [0.15, 0.2) is 0 Å². The van der Waals surface area contributed by atoms with Crippen molar-refractivity contribution in [1.29, 1.82) is 0 Å². The molecule has 13 unspecified atom stereocenters. The van der Waals surface area contributed by atoms with E-state index < -0.39 is 35.7 Å². The van der Waals surface area contributed by atoms with Crippen LogP contribution < -0.4 is 0 Å². The molecule has 12 heteroatoms. The first kappa shape index (κ1) is 31.0. The highest BCUT2D eigenvalue weighted by Crippen LogP contribution is 2.42. The van der Waals surface area contributed by atoms with Crippen LogP contribution in [0, 0.1) is 35.5 Å². The van der Waals surface area contributed by atoms with Gasteiger partial charge < -0.3 is 37.9 Å². The van der Waals surface area contributed by atoms with Crippen LogP contribution in [0.1, 0.15) is 77.0 Å². The Labute approximate surface area is 268 Å². The third-order valence-corrected chi connectivity index (χ3v) is 11.8. The maximum absolute atomic E-state index is 13.8. The zero-order chi connectivity index (χ0) is 31.4. The number of esters is 4. The van der Waals surface area contributed by atoms with Gasteiger partial charge in [-0.15, -0.1) is 0 Å². The van der Waals surface area contributed by atoms with Gasteiger partial charge in [0, 0.05) is 12.3 Å². The molecule has 0 radical (unpaired) electrons. The molecular weight excluding hydrogens is 600 g/mol. The van der Waals surface area contributed by atoms with Crippen LogP contribution in [0.25, 0.3) is 0 Å². The van der Waals surface area contributed by atoms with E-state index >= 15 is 0 Å². The van der Waals surface area contributed by atoms with E-state index in [1.807, 2.05) is 0 Å². The molecule has 2 bridgehead atoms. The highest BCUT2D eigenvalue weighted by Gasteiger charge is 2.52. The first-order valence-corrected chi connectivity index (χ1v) is 17.7. The smallest absolute Gasteiger partial charge is 0.321 e. The van der Waals surface area contributed by atoms with E-state index in [0.717, 1.165) is 77.0 Å². The lowest BCUT2D eigenvalue weighted by Gasteiger charge is -2.46. The van der Waals surface area contributed by atoms with Gasteiger partial charge in [0.1, 0.15) is 0 Å². The fraction of sp³-hybridized carbons (Fsp3) is 0.882. The van der Waals surface area contributed by atoms with Gasteiger partial charge in [-0.3, -0.25) is 19.2 Å². The van der Waals surface area contributed by atoms with E-state index in [-0.39, 0.29) is 80.6 Å². The van der Waals surface area contributed by atoms with Crippen molar-refractivity contribution in [2.24, 2.45) is 35.5 Å². The molecule has 5 heterocycles. The minimum atomic E-state index is -1.84. The molecule has 0 aromatic carbocycles. The summed E-state index contributed by atoms with van der Waals surface area (Å²) in [5.74, 6) is -7.32. The lowest BCUT2D eigenvalue weighted by Crippen LogP contribution is -2.50. The van der Waals surface area contributed by atoms with Gasteiger partial charge in [0.2, 0.25) is 0 Å². The molecule has 46 heavy (non-hydrogen) atoms. The first-order chi connectivity index (χ1) is 22.4. The summed E-state index contributed by atoms with van der Waals surface area (Å²) >= 11 is 0. The zero-order valence-electron chi connectivity index (χ0n) is 26.3. The molecule has 9 rings (SSSR count). The van der Waals surface area contributed by atoms with Crippen LogP contribution in [0.2, 0.25) is 0 Å². The number of epoxide rings is 3. The van der Waals surface area contributed by atoms with Crippen molar-refractivity contribution >= 4 is 23.9 Å². The molecule has 4 aliphatic carbocycles. The number of carbonyl (C=O) groups is 4. The van der Waals surface area contributed by atoms with Gasteiger partial charge in [-0.05, 0) is 88.4 Å². The van der Waals surface area contributed by atoms with Crippen LogP contribution in [-0.4, -0.2) is 99.1 Å². The molecule has 13 atom stereocenters. The van der Waals surface area contributed by atoms with Crippen molar-refractivity contribution < 1.29 is 57.1 Å². The standard InChI is InChI=1S/C34H46O12/c35-31(39-13-17-1-6-22-26(9-17)44-22)29(32(36)40-14-18-2-7-23-27(10-18)45-23)30(33(37)41-15-19-3-8-24-28(11-19)46-24)34(38)42-16-20-4-5-21-12-25(20)43-21/h17-30H,1-16H2. The molecule has 0 amide bonds. The predicted molar refractivity (Wildman–Crippen MR) is 155 cm³/mol. The molecular formula is C34H46O12.